The minimum absolute atomic E-state index is 0.0422. The third kappa shape index (κ3) is 3.23. The molecule has 28 heavy (non-hydrogen) atoms. The number of halogens is 1. The zero-order chi connectivity index (χ0) is 19.8. The minimum atomic E-state index is -0.306. The summed E-state index contributed by atoms with van der Waals surface area (Å²) in [7, 11) is 1.99. The van der Waals surface area contributed by atoms with E-state index in [1.165, 1.54) is 12.1 Å². The van der Waals surface area contributed by atoms with Crippen molar-refractivity contribution in [2.75, 3.05) is 23.8 Å². The van der Waals surface area contributed by atoms with Gasteiger partial charge in [0.2, 0.25) is 0 Å². The Labute approximate surface area is 164 Å². The second kappa shape index (κ2) is 7.26. The molecule has 1 fully saturated rings. The van der Waals surface area contributed by atoms with Crippen molar-refractivity contribution >= 4 is 23.2 Å². The Kier molecular flexibility index (Phi) is 4.79. The van der Waals surface area contributed by atoms with Crippen LogP contribution in [-0.4, -0.2) is 36.5 Å². The Morgan fingerprint density at radius 2 is 1.96 bits per heavy atom. The molecule has 0 radical (unpaired) electrons. The zero-order valence-corrected chi connectivity index (χ0v) is 16.2. The van der Waals surface area contributed by atoms with Gasteiger partial charge in [-0.05, 0) is 68.1 Å². The van der Waals surface area contributed by atoms with Crippen LogP contribution in [0.5, 0.6) is 0 Å². The molecule has 2 aliphatic rings. The average molecular weight is 381 g/mol. The standard InChI is InChI=1S/C22H24FN3O2/c1-14-12-16(8-10-18(14)23)24-21(27)15-7-9-17-19(13-15)25(2)20-6-4-3-5-11-26(20)22(17)28/h7-10,12-13,20H,3-6,11H2,1-2H3,(H,24,27). The van der Waals surface area contributed by atoms with E-state index in [0.717, 1.165) is 37.9 Å². The summed E-state index contributed by atoms with van der Waals surface area (Å²) in [5.74, 6) is -0.543. The highest BCUT2D eigenvalue weighted by atomic mass is 19.1. The molecule has 0 bridgehead atoms. The van der Waals surface area contributed by atoms with Crippen molar-refractivity contribution in [2.45, 2.75) is 38.8 Å². The number of carbonyl (C=O) groups is 2. The highest BCUT2D eigenvalue weighted by Gasteiger charge is 2.36. The van der Waals surface area contributed by atoms with E-state index in [2.05, 4.69) is 10.2 Å². The van der Waals surface area contributed by atoms with Crippen LogP contribution in [0.2, 0.25) is 0 Å². The molecule has 0 aromatic heterocycles. The van der Waals surface area contributed by atoms with Crippen LogP contribution in [0.4, 0.5) is 15.8 Å². The first-order valence-electron chi connectivity index (χ1n) is 9.71. The minimum Gasteiger partial charge on any atom is -0.354 e. The number of aryl methyl sites for hydroxylation is 1. The largest absolute Gasteiger partial charge is 0.354 e. The number of amides is 2. The molecule has 1 unspecified atom stereocenters. The van der Waals surface area contributed by atoms with Gasteiger partial charge >= 0.3 is 0 Å². The molecule has 2 aliphatic heterocycles. The van der Waals surface area contributed by atoms with E-state index < -0.39 is 0 Å². The fourth-order valence-electron chi connectivity index (χ4n) is 4.12. The van der Waals surface area contributed by atoms with Gasteiger partial charge < -0.3 is 15.1 Å². The number of benzene rings is 2. The maximum atomic E-state index is 13.4. The lowest BCUT2D eigenvalue weighted by molar-refractivity contribution is 0.0661. The molecule has 0 saturated carbocycles. The summed E-state index contributed by atoms with van der Waals surface area (Å²) in [6.07, 6.45) is 4.24. The number of hydrogen-bond donors (Lipinski definition) is 1. The monoisotopic (exact) mass is 381 g/mol. The molecular weight excluding hydrogens is 357 g/mol. The van der Waals surface area contributed by atoms with Crippen LogP contribution in [0.25, 0.3) is 0 Å². The first-order chi connectivity index (χ1) is 13.5. The van der Waals surface area contributed by atoms with Crippen molar-refractivity contribution in [1.29, 1.82) is 0 Å². The molecule has 6 heteroatoms. The van der Waals surface area contributed by atoms with Gasteiger partial charge in [-0.1, -0.05) is 6.42 Å². The van der Waals surface area contributed by atoms with E-state index >= 15 is 0 Å². The molecule has 0 aliphatic carbocycles. The molecule has 0 spiro atoms. The summed E-state index contributed by atoms with van der Waals surface area (Å²) in [5, 5.41) is 2.81. The number of rotatable bonds is 2. The van der Waals surface area contributed by atoms with E-state index in [1.54, 1.807) is 31.2 Å². The topological polar surface area (TPSA) is 52.7 Å². The summed E-state index contributed by atoms with van der Waals surface area (Å²) >= 11 is 0. The quantitative estimate of drug-likeness (QED) is 0.849. The van der Waals surface area contributed by atoms with Gasteiger partial charge in [0.1, 0.15) is 12.0 Å². The van der Waals surface area contributed by atoms with Gasteiger partial charge in [0.25, 0.3) is 11.8 Å². The van der Waals surface area contributed by atoms with Crippen LogP contribution in [-0.2, 0) is 0 Å². The summed E-state index contributed by atoms with van der Waals surface area (Å²) < 4.78 is 13.4. The van der Waals surface area contributed by atoms with E-state index in [-0.39, 0.29) is 23.8 Å². The molecule has 5 nitrogen and oxygen atoms in total. The van der Waals surface area contributed by atoms with Gasteiger partial charge in [0, 0.05) is 24.8 Å². The first-order valence-corrected chi connectivity index (χ1v) is 9.71. The van der Waals surface area contributed by atoms with E-state index in [9.17, 15) is 14.0 Å². The van der Waals surface area contributed by atoms with Gasteiger partial charge in [-0.25, -0.2) is 4.39 Å². The number of fused-ring (bicyclic) bond motifs is 2. The van der Waals surface area contributed by atoms with Crippen LogP contribution in [0, 0.1) is 12.7 Å². The highest BCUT2D eigenvalue weighted by molar-refractivity contribution is 6.08. The fraction of sp³-hybridized carbons (Fsp3) is 0.364. The second-order valence-corrected chi connectivity index (χ2v) is 7.59. The first kappa shape index (κ1) is 18.5. The van der Waals surface area contributed by atoms with E-state index in [1.807, 2.05) is 11.9 Å². The van der Waals surface area contributed by atoms with Crippen molar-refractivity contribution in [3.8, 4) is 0 Å². The summed E-state index contributed by atoms with van der Waals surface area (Å²) in [6.45, 7) is 2.43. The molecule has 2 amide bonds. The van der Waals surface area contributed by atoms with Crippen LogP contribution >= 0.6 is 0 Å². The predicted octanol–water partition coefficient (Wildman–Crippen LogP) is 4.18. The number of anilines is 2. The van der Waals surface area contributed by atoms with Crippen molar-refractivity contribution in [1.82, 2.24) is 4.90 Å². The van der Waals surface area contributed by atoms with Crippen molar-refractivity contribution in [2.24, 2.45) is 0 Å². The van der Waals surface area contributed by atoms with E-state index in [0.29, 0.717) is 22.4 Å². The Hall–Kier alpha value is -2.89. The Balaban J connectivity index is 1.62. The fourth-order valence-corrected chi connectivity index (χ4v) is 4.12. The molecule has 2 aromatic carbocycles. The van der Waals surface area contributed by atoms with Crippen molar-refractivity contribution < 1.29 is 14.0 Å². The summed E-state index contributed by atoms with van der Waals surface area (Å²) in [4.78, 5) is 29.7. The number of nitrogens with one attached hydrogen (secondary N) is 1. The molecule has 2 heterocycles. The van der Waals surface area contributed by atoms with Crippen molar-refractivity contribution in [3.63, 3.8) is 0 Å². The smallest absolute Gasteiger partial charge is 0.257 e. The second-order valence-electron chi connectivity index (χ2n) is 7.59. The lowest BCUT2D eigenvalue weighted by atomic mass is 10.0. The third-order valence-electron chi connectivity index (χ3n) is 5.72. The molecule has 2 aromatic rings. The third-order valence-corrected chi connectivity index (χ3v) is 5.72. The highest BCUT2D eigenvalue weighted by Crippen LogP contribution is 2.34. The maximum Gasteiger partial charge on any atom is 0.257 e. The molecule has 4 rings (SSSR count). The Morgan fingerprint density at radius 3 is 2.75 bits per heavy atom. The van der Waals surface area contributed by atoms with Crippen LogP contribution in [0.15, 0.2) is 36.4 Å². The van der Waals surface area contributed by atoms with Crippen LogP contribution in [0.1, 0.15) is 52.0 Å². The molecule has 1 N–H and O–H groups in total. The van der Waals surface area contributed by atoms with Crippen molar-refractivity contribution in [3.05, 3.63) is 58.9 Å². The molecule has 1 saturated heterocycles. The molecule has 146 valence electrons. The van der Waals surface area contributed by atoms with Crippen LogP contribution < -0.4 is 10.2 Å². The average Bonchev–Trinajstić information content (AvgIpc) is 2.95. The molecule has 1 atom stereocenters. The molecular formula is C22H24FN3O2. The predicted molar refractivity (Wildman–Crippen MR) is 107 cm³/mol. The zero-order valence-electron chi connectivity index (χ0n) is 16.2. The van der Waals surface area contributed by atoms with Gasteiger partial charge in [0.05, 0.1) is 11.3 Å². The van der Waals surface area contributed by atoms with E-state index in [4.69, 9.17) is 0 Å². The number of hydrogen-bond acceptors (Lipinski definition) is 3. The summed E-state index contributed by atoms with van der Waals surface area (Å²) in [5.41, 5.74) is 2.91. The number of carbonyl (C=O) groups excluding carboxylic acids is 2. The Morgan fingerprint density at radius 1 is 1.14 bits per heavy atom. The lowest BCUT2D eigenvalue weighted by Crippen LogP contribution is -2.53. The van der Waals surface area contributed by atoms with Crippen LogP contribution in [0.3, 0.4) is 0 Å². The number of nitrogens with zero attached hydrogens (tertiary/aromatic N) is 2. The van der Waals surface area contributed by atoms with Gasteiger partial charge in [-0.2, -0.15) is 0 Å². The van der Waals surface area contributed by atoms with Gasteiger partial charge in [-0.3, -0.25) is 9.59 Å². The Bertz CT molecular complexity index is 943. The maximum absolute atomic E-state index is 13.4. The summed E-state index contributed by atoms with van der Waals surface area (Å²) in [6, 6.07) is 9.67. The normalized spacial score (nSPS) is 19.0. The van der Waals surface area contributed by atoms with Gasteiger partial charge in [0.15, 0.2) is 0 Å². The van der Waals surface area contributed by atoms with Gasteiger partial charge in [-0.15, -0.1) is 0 Å². The lowest BCUT2D eigenvalue weighted by Gasteiger charge is -2.43. The SMILES string of the molecule is Cc1cc(NC(=O)c2ccc3c(c2)N(C)C2CCCCCN2C3=O)ccc1F.